The van der Waals surface area contributed by atoms with Crippen LogP contribution in [-0.4, -0.2) is 5.25 Å². The summed E-state index contributed by atoms with van der Waals surface area (Å²) in [7, 11) is 2.13. The summed E-state index contributed by atoms with van der Waals surface area (Å²) in [6, 6.07) is 0. The SMILES string of the molecule is ISC1CC2(CCCC2)CCC2(CC2)C1. The number of hydrogen-bond donors (Lipinski definition) is 0. The van der Waals surface area contributed by atoms with Crippen LogP contribution in [0, 0.1) is 10.8 Å². The second-order valence-corrected chi connectivity index (χ2v) is 8.70. The predicted octanol–water partition coefficient (Wildman–Crippen LogP) is 5.35. The third kappa shape index (κ3) is 2.22. The van der Waals surface area contributed by atoms with Gasteiger partial charge < -0.3 is 0 Å². The van der Waals surface area contributed by atoms with E-state index in [2.05, 4.69) is 30.1 Å². The van der Waals surface area contributed by atoms with Gasteiger partial charge in [0, 0.05) is 5.25 Å². The van der Waals surface area contributed by atoms with Crippen molar-refractivity contribution in [2.75, 3.05) is 0 Å². The fourth-order valence-electron chi connectivity index (χ4n) is 4.05. The zero-order valence-electron chi connectivity index (χ0n) is 9.43. The molecule has 86 valence electrons. The van der Waals surface area contributed by atoms with E-state index < -0.39 is 0 Å². The Bertz CT molecular complexity index is 241. The fraction of sp³-hybridized carbons (Fsp3) is 1.00. The van der Waals surface area contributed by atoms with Crippen LogP contribution in [0.3, 0.4) is 0 Å². The van der Waals surface area contributed by atoms with E-state index in [0.717, 1.165) is 16.1 Å². The van der Waals surface area contributed by atoms with Crippen LogP contribution in [0.4, 0.5) is 0 Å². The molecule has 2 heteroatoms. The van der Waals surface area contributed by atoms with Gasteiger partial charge in [-0.1, -0.05) is 21.8 Å². The van der Waals surface area contributed by atoms with Gasteiger partial charge in [0.15, 0.2) is 0 Å². The maximum absolute atomic E-state index is 2.55. The summed E-state index contributed by atoms with van der Waals surface area (Å²) in [5, 5.41) is 0.980. The molecule has 0 heterocycles. The maximum Gasteiger partial charge on any atom is 0.0158 e. The minimum Gasteiger partial charge on any atom is -0.0859 e. The lowest BCUT2D eigenvalue weighted by Gasteiger charge is -2.29. The van der Waals surface area contributed by atoms with Gasteiger partial charge in [-0.2, -0.15) is 0 Å². The normalized spacial score (nSPS) is 37.0. The topological polar surface area (TPSA) is 0 Å². The van der Waals surface area contributed by atoms with Crippen molar-refractivity contribution in [3.8, 4) is 0 Å². The van der Waals surface area contributed by atoms with E-state index in [4.69, 9.17) is 0 Å². The van der Waals surface area contributed by atoms with Gasteiger partial charge in [0.1, 0.15) is 0 Å². The van der Waals surface area contributed by atoms with E-state index in [-0.39, 0.29) is 0 Å². The van der Waals surface area contributed by atoms with Gasteiger partial charge in [-0.25, -0.2) is 0 Å². The van der Waals surface area contributed by atoms with Crippen LogP contribution < -0.4 is 0 Å². The van der Waals surface area contributed by atoms with Crippen LogP contribution in [0.15, 0.2) is 0 Å². The maximum atomic E-state index is 2.55. The second kappa shape index (κ2) is 4.08. The van der Waals surface area contributed by atoms with Crippen molar-refractivity contribution in [1.29, 1.82) is 0 Å². The van der Waals surface area contributed by atoms with Crippen molar-refractivity contribution in [2.45, 2.75) is 69.5 Å². The third-order valence-corrected chi connectivity index (χ3v) is 8.00. The molecule has 3 rings (SSSR count). The van der Waals surface area contributed by atoms with E-state index in [1.54, 1.807) is 51.4 Å². The highest BCUT2D eigenvalue weighted by Gasteiger charge is 2.49. The first-order valence-electron chi connectivity index (χ1n) is 6.53. The van der Waals surface area contributed by atoms with Crippen LogP contribution in [0.1, 0.15) is 64.2 Å². The molecule has 3 saturated carbocycles. The second-order valence-electron chi connectivity index (χ2n) is 6.33. The molecule has 2 spiro atoms. The summed E-state index contributed by atoms with van der Waals surface area (Å²) in [6.07, 6.45) is 15.5. The summed E-state index contributed by atoms with van der Waals surface area (Å²) in [5.74, 6) is 0. The van der Waals surface area contributed by atoms with Gasteiger partial charge in [-0.05, 0) is 83.4 Å². The van der Waals surface area contributed by atoms with Gasteiger partial charge >= 0.3 is 0 Å². The van der Waals surface area contributed by atoms with Crippen LogP contribution in [0.25, 0.3) is 0 Å². The Morgan fingerprint density at radius 1 is 0.800 bits per heavy atom. The molecule has 0 aromatic rings. The first-order valence-corrected chi connectivity index (χ1v) is 9.96. The first-order chi connectivity index (χ1) is 7.26. The lowest BCUT2D eigenvalue weighted by atomic mass is 9.78. The van der Waals surface area contributed by atoms with Crippen LogP contribution in [-0.2, 0) is 0 Å². The minimum absolute atomic E-state index is 0.801. The largest absolute Gasteiger partial charge is 0.0859 e. The van der Waals surface area contributed by atoms with E-state index in [1.165, 1.54) is 12.8 Å². The average Bonchev–Trinajstić information content (AvgIpc) is 2.90. The monoisotopic (exact) mass is 336 g/mol. The smallest absolute Gasteiger partial charge is 0.0158 e. The molecule has 3 aliphatic carbocycles. The highest BCUT2D eigenvalue weighted by Crippen LogP contribution is 2.62. The molecule has 0 nitrogen and oxygen atoms in total. The highest BCUT2D eigenvalue weighted by atomic mass is 127. The molecule has 3 aliphatic rings. The van der Waals surface area contributed by atoms with Crippen molar-refractivity contribution < 1.29 is 0 Å². The van der Waals surface area contributed by atoms with E-state index >= 15 is 0 Å². The number of rotatable bonds is 1. The lowest BCUT2D eigenvalue weighted by molar-refractivity contribution is 0.249. The quantitative estimate of drug-likeness (QED) is 0.582. The summed E-state index contributed by atoms with van der Waals surface area (Å²) in [4.78, 5) is 0. The first kappa shape index (κ1) is 11.2. The number of halogens is 1. The molecule has 0 amide bonds. The van der Waals surface area contributed by atoms with Gasteiger partial charge in [0.05, 0.1) is 0 Å². The lowest BCUT2D eigenvalue weighted by Crippen LogP contribution is -2.19. The van der Waals surface area contributed by atoms with Crippen LogP contribution in [0.2, 0.25) is 0 Å². The van der Waals surface area contributed by atoms with Crippen molar-refractivity contribution in [2.24, 2.45) is 10.8 Å². The molecular weight excluding hydrogens is 315 g/mol. The molecule has 0 N–H and O–H groups in total. The van der Waals surface area contributed by atoms with Gasteiger partial charge in [0.2, 0.25) is 0 Å². The standard InChI is InChI=1S/C13H21IS/c14-15-11-9-12(3-1-2-4-12)5-6-13(10-11)7-8-13/h11H,1-10H2. The molecule has 1 unspecified atom stereocenters. The van der Waals surface area contributed by atoms with Crippen molar-refractivity contribution >= 4 is 30.1 Å². The molecule has 0 aromatic heterocycles. The summed E-state index contributed by atoms with van der Waals surface area (Å²) >= 11 is 2.55. The van der Waals surface area contributed by atoms with Gasteiger partial charge in [0.25, 0.3) is 0 Å². The van der Waals surface area contributed by atoms with Crippen molar-refractivity contribution in [3.63, 3.8) is 0 Å². The molecule has 15 heavy (non-hydrogen) atoms. The molecule has 0 aromatic carbocycles. The molecule has 3 fully saturated rings. The molecular formula is C13H21IS. The Labute approximate surface area is 110 Å². The van der Waals surface area contributed by atoms with E-state index in [1.807, 2.05) is 0 Å². The zero-order chi connectivity index (χ0) is 10.4. The molecule has 1 atom stereocenters. The number of hydrogen-bond acceptors (Lipinski definition) is 1. The van der Waals surface area contributed by atoms with Crippen LogP contribution in [0.5, 0.6) is 0 Å². The minimum atomic E-state index is 0.801. The molecule has 0 radical (unpaired) electrons. The molecule has 0 saturated heterocycles. The highest BCUT2D eigenvalue weighted by molar-refractivity contribution is 14.2. The molecule has 0 bridgehead atoms. The predicted molar refractivity (Wildman–Crippen MR) is 76.4 cm³/mol. The Kier molecular flexibility index (Phi) is 3.04. The fourth-order valence-corrected chi connectivity index (χ4v) is 5.96. The zero-order valence-corrected chi connectivity index (χ0v) is 12.4. The summed E-state index contributed by atoms with van der Waals surface area (Å²) in [6.45, 7) is 0. The van der Waals surface area contributed by atoms with E-state index in [9.17, 15) is 0 Å². The Morgan fingerprint density at radius 3 is 1.73 bits per heavy atom. The Balaban J connectivity index is 1.76. The van der Waals surface area contributed by atoms with Gasteiger partial charge in [-0.15, -0.1) is 0 Å². The third-order valence-electron chi connectivity index (χ3n) is 5.25. The Hall–Kier alpha value is 1.08. The summed E-state index contributed by atoms with van der Waals surface area (Å²) in [5.41, 5.74) is 1.64. The summed E-state index contributed by atoms with van der Waals surface area (Å²) < 4.78 is 0. The van der Waals surface area contributed by atoms with Crippen LogP contribution >= 0.6 is 30.1 Å². The van der Waals surface area contributed by atoms with E-state index in [0.29, 0.717) is 0 Å². The average molecular weight is 336 g/mol. The Morgan fingerprint density at radius 2 is 1.27 bits per heavy atom. The molecule has 0 aliphatic heterocycles. The van der Waals surface area contributed by atoms with Crippen molar-refractivity contribution in [3.05, 3.63) is 0 Å². The van der Waals surface area contributed by atoms with Crippen molar-refractivity contribution in [1.82, 2.24) is 0 Å². The van der Waals surface area contributed by atoms with Gasteiger partial charge in [-0.3, -0.25) is 0 Å².